The summed E-state index contributed by atoms with van der Waals surface area (Å²) in [7, 11) is -3.44. The van der Waals surface area contributed by atoms with Gasteiger partial charge in [-0.2, -0.15) is 4.31 Å². The molecule has 0 saturated carbocycles. The second-order valence-corrected chi connectivity index (χ2v) is 7.41. The molecule has 1 aromatic heterocycles. The van der Waals surface area contributed by atoms with Crippen LogP contribution in [0.3, 0.4) is 0 Å². The van der Waals surface area contributed by atoms with Gasteiger partial charge in [0.05, 0.1) is 19.4 Å². The smallest absolute Gasteiger partial charge is 0.260 e. The summed E-state index contributed by atoms with van der Waals surface area (Å²) < 4.78 is 32.1. The molecule has 1 N–H and O–H groups in total. The number of nitrogens with zero attached hydrogens (tertiary/aromatic N) is 3. The topological polar surface area (TPSA) is 78.5 Å². The molecule has 0 bridgehead atoms. The lowest BCUT2D eigenvalue weighted by Gasteiger charge is -2.31. The van der Waals surface area contributed by atoms with E-state index in [4.69, 9.17) is 4.74 Å². The third-order valence-electron chi connectivity index (χ3n) is 4.25. The molecule has 21 heavy (non-hydrogen) atoms. The van der Waals surface area contributed by atoms with Crippen LogP contribution in [0.1, 0.15) is 19.2 Å². The van der Waals surface area contributed by atoms with Crippen molar-refractivity contribution < 1.29 is 13.2 Å². The van der Waals surface area contributed by atoms with Crippen molar-refractivity contribution in [1.29, 1.82) is 0 Å². The predicted molar refractivity (Wildman–Crippen MR) is 77.5 cm³/mol. The Morgan fingerprint density at radius 1 is 1.38 bits per heavy atom. The van der Waals surface area contributed by atoms with E-state index in [1.165, 1.54) is 6.20 Å². The van der Waals surface area contributed by atoms with Crippen LogP contribution in [0, 0.1) is 0 Å². The van der Waals surface area contributed by atoms with Gasteiger partial charge in [0.2, 0.25) is 0 Å². The molecule has 2 aliphatic rings. The highest BCUT2D eigenvalue weighted by Crippen LogP contribution is 2.23. The summed E-state index contributed by atoms with van der Waals surface area (Å²) >= 11 is 0. The molecule has 0 amide bonds. The zero-order valence-corrected chi connectivity index (χ0v) is 13.1. The van der Waals surface area contributed by atoms with Gasteiger partial charge < -0.3 is 9.72 Å². The first-order valence-electron chi connectivity index (χ1n) is 7.47. The molecule has 0 aliphatic carbocycles. The molecule has 0 aromatic carbocycles. The SMILES string of the molecule is CCc1ncc(S(=O)(=O)N2CCC(N3CCOCC3)C2)[nH]1. The minimum absolute atomic E-state index is 0.210. The summed E-state index contributed by atoms with van der Waals surface area (Å²) in [6.07, 6.45) is 3.01. The van der Waals surface area contributed by atoms with E-state index in [1.54, 1.807) is 4.31 Å². The van der Waals surface area contributed by atoms with Crippen LogP contribution in [-0.4, -0.2) is 73.0 Å². The average Bonchev–Trinajstić information content (AvgIpc) is 3.18. The molecule has 2 saturated heterocycles. The van der Waals surface area contributed by atoms with E-state index < -0.39 is 10.0 Å². The van der Waals surface area contributed by atoms with E-state index in [0.29, 0.717) is 31.4 Å². The van der Waals surface area contributed by atoms with E-state index in [1.807, 2.05) is 6.92 Å². The maximum Gasteiger partial charge on any atom is 0.260 e. The Morgan fingerprint density at radius 2 is 2.14 bits per heavy atom. The van der Waals surface area contributed by atoms with Gasteiger partial charge in [-0.15, -0.1) is 0 Å². The molecule has 2 fully saturated rings. The third-order valence-corrected chi connectivity index (χ3v) is 6.02. The van der Waals surface area contributed by atoms with Crippen molar-refractivity contribution in [2.75, 3.05) is 39.4 Å². The standard InChI is InChI=1S/C13H22N4O3S/c1-2-12-14-9-13(15-12)21(18,19)17-4-3-11(10-17)16-5-7-20-8-6-16/h9,11H,2-8,10H2,1H3,(H,14,15). The fraction of sp³-hybridized carbons (Fsp3) is 0.769. The Kier molecular flexibility index (Phi) is 4.30. The Hall–Kier alpha value is -0.960. The largest absolute Gasteiger partial charge is 0.379 e. The molecule has 0 spiro atoms. The lowest BCUT2D eigenvalue weighted by Crippen LogP contribution is -2.45. The number of sulfonamides is 1. The number of aryl methyl sites for hydroxylation is 1. The Balaban J connectivity index is 1.69. The van der Waals surface area contributed by atoms with Gasteiger partial charge in [-0.1, -0.05) is 6.92 Å². The fourth-order valence-corrected chi connectivity index (χ4v) is 4.39. The fourth-order valence-electron chi connectivity index (χ4n) is 2.96. The van der Waals surface area contributed by atoms with Crippen LogP contribution in [0.2, 0.25) is 0 Å². The molecule has 1 unspecified atom stereocenters. The number of aromatic amines is 1. The van der Waals surface area contributed by atoms with Gasteiger partial charge >= 0.3 is 0 Å². The number of imidazole rings is 1. The average molecular weight is 314 g/mol. The van der Waals surface area contributed by atoms with Crippen LogP contribution < -0.4 is 0 Å². The van der Waals surface area contributed by atoms with Gasteiger partial charge in [-0.05, 0) is 6.42 Å². The number of H-pyrrole nitrogens is 1. The van der Waals surface area contributed by atoms with E-state index >= 15 is 0 Å². The second-order valence-electron chi connectivity index (χ2n) is 5.50. The van der Waals surface area contributed by atoms with Crippen molar-refractivity contribution in [2.45, 2.75) is 30.8 Å². The number of nitrogens with one attached hydrogen (secondary N) is 1. The maximum atomic E-state index is 12.6. The van der Waals surface area contributed by atoms with Crippen molar-refractivity contribution in [3.63, 3.8) is 0 Å². The maximum absolute atomic E-state index is 12.6. The zero-order chi connectivity index (χ0) is 14.9. The number of ether oxygens (including phenoxy) is 1. The first-order chi connectivity index (χ1) is 10.1. The van der Waals surface area contributed by atoms with Crippen molar-refractivity contribution in [2.24, 2.45) is 0 Å². The number of rotatable bonds is 4. The number of hydrogen-bond donors (Lipinski definition) is 1. The van der Waals surface area contributed by atoms with Crippen LogP contribution >= 0.6 is 0 Å². The van der Waals surface area contributed by atoms with Crippen molar-refractivity contribution in [3.8, 4) is 0 Å². The highest BCUT2D eigenvalue weighted by molar-refractivity contribution is 7.89. The molecule has 0 radical (unpaired) electrons. The van der Waals surface area contributed by atoms with Gasteiger partial charge in [0, 0.05) is 38.6 Å². The second kappa shape index (κ2) is 6.04. The summed E-state index contributed by atoms with van der Waals surface area (Å²) in [6.45, 7) is 6.34. The van der Waals surface area contributed by atoms with Crippen LogP contribution in [0.15, 0.2) is 11.2 Å². The minimum atomic E-state index is -3.44. The van der Waals surface area contributed by atoms with Gasteiger partial charge in [0.15, 0.2) is 5.03 Å². The molecule has 2 aliphatic heterocycles. The van der Waals surface area contributed by atoms with E-state index in [9.17, 15) is 8.42 Å². The Bertz CT molecular complexity index is 580. The summed E-state index contributed by atoms with van der Waals surface area (Å²) in [5.74, 6) is 0.706. The highest BCUT2D eigenvalue weighted by atomic mass is 32.2. The lowest BCUT2D eigenvalue weighted by molar-refractivity contribution is 0.0197. The lowest BCUT2D eigenvalue weighted by atomic mass is 10.2. The normalized spacial score (nSPS) is 25.5. The monoisotopic (exact) mass is 314 g/mol. The van der Waals surface area contributed by atoms with Crippen molar-refractivity contribution in [3.05, 3.63) is 12.0 Å². The molecule has 3 rings (SSSR count). The molecule has 3 heterocycles. The van der Waals surface area contributed by atoms with Gasteiger partial charge in [0.1, 0.15) is 5.82 Å². The molecule has 1 aromatic rings. The van der Waals surface area contributed by atoms with Gasteiger partial charge in [-0.3, -0.25) is 4.90 Å². The van der Waals surface area contributed by atoms with Crippen LogP contribution in [0.5, 0.6) is 0 Å². The molecule has 8 heteroatoms. The summed E-state index contributed by atoms with van der Waals surface area (Å²) in [6, 6.07) is 0.303. The first kappa shape index (κ1) is 15.0. The molecule has 7 nitrogen and oxygen atoms in total. The van der Waals surface area contributed by atoms with Crippen LogP contribution in [-0.2, 0) is 21.2 Å². The van der Waals surface area contributed by atoms with E-state index in [2.05, 4.69) is 14.9 Å². The zero-order valence-electron chi connectivity index (χ0n) is 12.3. The molecule has 1 atom stereocenters. The minimum Gasteiger partial charge on any atom is -0.379 e. The molecular formula is C13H22N4O3S. The van der Waals surface area contributed by atoms with Crippen molar-refractivity contribution in [1.82, 2.24) is 19.2 Å². The number of aromatic nitrogens is 2. The third kappa shape index (κ3) is 2.98. The number of morpholine rings is 1. The van der Waals surface area contributed by atoms with Gasteiger partial charge in [-0.25, -0.2) is 13.4 Å². The highest BCUT2D eigenvalue weighted by Gasteiger charge is 2.36. The Morgan fingerprint density at radius 3 is 2.81 bits per heavy atom. The summed E-state index contributed by atoms with van der Waals surface area (Å²) in [5, 5.41) is 0.210. The first-order valence-corrected chi connectivity index (χ1v) is 8.91. The summed E-state index contributed by atoms with van der Waals surface area (Å²) in [4.78, 5) is 9.33. The molecular weight excluding hydrogens is 292 g/mol. The number of hydrogen-bond acceptors (Lipinski definition) is 5. The van der Waals surface area contributed by atoms with Gasteiger partial charge in [0.25, 0.3) is 10.0 Å². The van der Waals surface area contributed by atoms with E-state index in [-0.39, 0.29) is 5.03 Å². The van der Waals surface area contributed by atoms with Crippen LogP contribution in [0.4, 0.5) is 0 Å². The van der Waals surface area contributed by atoms with Crippen LogP contribution in [0.25, 0.3) is 0 Å². The van der Waals surface area contributed by atoms with E-state index in [0.717, 1.165) is 32.7 Å². The molecule has 118 valence electrons. The quantitative estimate of drug-likeness (QED) is 0.851. The summed E-state index contributed by atoms with van der Waals surface area (Å²) in [5.41, 5.74) is 0. The Labute approximate surface area is 125 Å². The van der Waals surface area contributed by atoms with Crippen molar-refractivity contribution >= 4 is 10.0 Å². The predicted octanol–water partition coefficient (Wildman–Crippen LogP) is 0.0673.